The van der Waals surface area contributed by atoms with Crippen molar-refractivity contribution in [1.82, 2.24) is 4.90 Å². The highest BCUT2D eigenvalue weighted by Crippen LogP contribution is 2.38. The van der Waals surface area contributed by atoms with Gasteiger partial charge >= 0.3 is 0 Å². The number of carbonyl (C=O) groups excluding carboxylic acids is 2. The second kappa shape index (κ2) is 13.7. The molecule has 2 heterocycles. The van der Waals surface area contributed by atoms with Gasteiger partial charge in [-0.2, -0.15) is 5.26 Å². The summed E-state index contributed by atoms with van der Waals surface area (Å²) in [5.74, 6) is 0.234. The number of nitrogens with zero attached hydrogens (tertiary/aromatic N) is 2. The maximum atomic E-state index is 13.4. The molecule has 214 valence electrons. The Morgan fingerprint density at radius 1 is 1.07 bits per heavy atom. The molecule has 5 rings (SSSR count). The average Bonchev–Trinajstić information content (AvgIpc) is 3.36. The molecule has 4 aromatic rings. The number of ether oxygens (including phenoxy) is 1. The number of nitrogens with one attached hydrogen (secondary N) is 2. The lowest BCUT2D eigenvalue weighted by Gasteiger charge is -2.26. The van der Waals surface area contributed by atoms with E-state index in [9.17, 15) is 14.9 Å². The van der Waals surface area contributed by atoms with Gasteiger partial charge in [0.2, 0.25) is 5.91 Å². The minimum absolute atomic E-state index is 0.135. The fourth-order valence-corrected chi connectivity index (χ4v) is 7.19. The van der Waals surface area contributed by atoms with Crippen LogP contribution in [0, 0.1) is 11.3 Å². The van der Waals surface area contributed by atoms with Crippen molar-refractivity contribution in [2.24, 2.45) is 0 Å². The lowest BCUT2D eigenvalue weighted by atomic mass is 10.0. The van der Waals surface area contributed by atoms with Crippen LogP contribution in [-0.4, -0.2) is 35.6 Å². The Morgan fingerprint density at radius 2 is 1.88 bits per heavy atom. The summed E-state index contributed by atoms with van der Waals surface area (Å²) in [4.78, 5) is 30.6. The molecule has 1 unspecified atom stereocenters. The molecule has 1 aromatic heterocycles. The van der Waals surface area contributed by atoms with Crippen molar-refractivity contribution in [3.05, 3.63) is 106 Å². The molecule has 0 saturated carbocycles. The van der Waals surface area contributed by atoms with Crippen LogP contribution in [0.2, 0.25) is 0 Å². The largest absolute Gasteiger partial charge is 0.497 e. The number of hydrogen-bond donors (Lipinski definition) is 2. The SMILES string of the molecule is CCC(Sc1cccc(NC(=O)c2cccc(OC)c2)c1)C(=O)Nc1sc2c(c1C#N)CCN(Cc1ccccc1)C2. The molecule has 0 aliphatic carbocycles. The molecule has 0 spiro atoms. The normalized spacial score (nSPS) is 13.5. The zero-order chi connectivity index (χ0) is 29.5. The fourth-order valence-electron chi connectivity index (χ4n) is 4.93. The van der Waals surface area contributed by atoms with Crippen LogP contribution in [0.5, 0.6) is 5.75 Å². The number of thioether (sulfide) groups is 1. The standard InChI is InChI=1S/C33H32N4O3S2/c1-3-29(41-26-14-8-12-24(18-26)35-31(38)23-11-7-13-25(17-23)40-2)32(39)36-33-28(19-34)27-15-16-37(21-30(27)42-33)20-22-9-5-4-6-10-22/h4-14,17-18,29H,3,15-16,20-21H2,1-2H3,(H,35,38)(H,36,39). The van der Waals surface area contributed by atoms with Gasteiger partial charge in [0.25, 0.3) is 5.91 Å². The third kappa shape index (κ3) is 7.02. The van der Waals surface area contributed by atoms with Crippen LogP contribution in [0.4, 0.5) is 10.7 Å². The van der Waals surface area contributed by atoms with E-state index in [0.29, 0.717) is 34.0 Å². The quantitative estimate of drug-likeness (QED) is 0.193. The van der Waals surface area contributed by atoms with Gasteiger partial charge in [-0.05, 0) is 60.4 Å². The Balaban J connectivity index is 1.24. The third-order valence-corrected chi connectivity index (χ3v) is 9.59. The molecule has 7 nitrogen and oxygen atoms in total. The summed E-state index contributed by atoms with van der Waals surface area (Å²) in [5.41, 5.74) is 4.04. The van der Waals surface area contributed by atoms with Gasteiger partial charge in [0.1, 0.15) is 16.8 Å². The highest BCUT2D eigenvalue weighted by atomic mass is 32.2. The Labute approximate surface area is 254 Å². The van der Waals surface area contributed by atoms with Gasteiger partial charge in [-0.25, -0.2) is 0 Å². The van der Waals surface area contributed by atoms with Gasteiger partial charge in [0, 0.05) is 40.7 Å². The molecular weight excluding hydrogens is 565 g/mol. The average molecular weight is 597 g/mol. The van der Waals surface area contributed by atoms with Crippen molar-refractivity contribution < 1.29 is 14.3 Å². The van der Waals surface area contributed by atoms with Crippen LogP contribution in [0.15, 0.2) is 83.8 Å². The van der Waals surface area contributed by atoms with E-state index in [-0.39, 0.29) is 17.1 Å². The fraction of sp³-hybridized carbons (Fsp3) is 0.242. The predicted octanol–water partition coefficient (Wildman–Crippen LogP) is 6.95. The van der Waals surface area contributed by atoms with E-state index >= 15 is 0 Å². The van der Waals surface area contributed by atoms with Gasteiger partial charge in [0.05, 0.1) is 17.9 Å². The molecule has 1 atom stereocenters. The van der Waals surface area contributed by atoms with Crippen molar-refractivity contribution in [3.63, 3.8) is 0 Å². The van der Waals surface area contributed by atoms with Crippen molar-refractivity contribution in [3.8, 4) is 11.8 Å². The van der Waals surface area contributed by atoms with Crippen LogP contribution in [0.25, 0.3) is 0 Å². The minimum atomic E-state index is -0.366. The van der Waals surface area contributed by atoms with Crippen molar-refractivity contribution in [1.29, 1.82) is 5.26 Å². The molecule has 2 N–H and O–H groups in total. The zero-order valence-corrected chi connectivity index (χ0v) is 25.2. The Bertz CT molecular complexity index is 1610. The molecule has 0 saturated heterocycles. The van der Waals surface area contributed by atoms with Crippen molar-refractivity contribution in [2.75, 3.05) is 24.3 Å². The molecule has 9 heteroatoms. The van der Waals surface area contributed by atoms with E-state index in [1.165, 1.54) is 28.7 Å². The summed E-state index contributed by atoms with van der Waals surface area (Å²) >= 11 is 2.95. The number of carbonyl (C=O) groups is 2. The lowest BCUT2D eigenvalue weighted by molar-refractivity contribution is -0.115. The van der Waals surface area contributed by atoms with Gasteiger partial charge in [-0.3, -0.25) is 14.5 Å². The number of benzene rings is 3. The molecule has 3 aromatic carbocycles. The summed E-state index contributed by atoms with van der Waals surface area (Å²) in [6, 6.07) is 27.2. The smallest absolute Gasteiger partial charge is 0.255 e. The second-order valence-corrected chi connectivity index (χ2v) is 12.4. The van der Waals surface area contributed by atoms with E-state index in [1.54, 1.807) is 31.4 Å². The van der Waals surface area contributed by atoms with E-state index in [1.807, 2.05) is 49.4 Å². The van der Waals surface area contributed by atoms with Crippen LogP contribution >= 0.6 is 23.1 Å². The maximum absolute atomic E-state index is 13.4. The Kier molecular flexibility index (Phi) is 9.59. The highest BCUT2D eigenvalue weighted by Gasteiger charge is 2.27. The molecule has 2 amide bonds. The summed E-state index contributed by atoms with van der Waals surface area (Å²) in [6.45, 7) is 4.46. The third-order valence-electron chi connectivity index (χ3n) is 7.10. The Hall–Kier alpha value is -4.10. The number of amides is 2. The minimum Gasteiger partial charge on any atom is -0.497 e. The molecule has 42 heavy (non-hydrogen) atoms. The summed E-state index contributed by atoms with van der Waals surface area (Å²) in [5, 5.41) is 16.2. The molecule has 1 aliphatic rings. The van der Waals surface area contributed by atoms with Gasteiger partial charge in [0.15, 0.2) is 0 Å². The second-order valence-electron chi connectivity index (χ2n) is 9.98. The summed E-state index contributed by atoms with van der Waals surface area (Å²) in [7, 11) is 1.56. The monoisotopic (exact) mass is 596 g/mol. The number of thiophene rings is 1. The number of hydrogen-bond acceptors (Lipinski definition) is 7. The molecule has 1 aliphatic heterocycles. The van der Waals surface area contributed by atoms with Crippen LogP contribution in [-0.2, 0) is 24.3 Å². The number of methoxy groups -OCH3 is 1. The zero-order valence-electron chi connectivity index (χ0n) is 23.6. The predicted molar refractivity (Wildman–Crippen MR) is 169 cm³/mol. The van der Waals surface area contributed by atoms with E-state index < -0.39 is 0 Å². The topological polar surface area (TPSA) is 94.5 Å². The first kappa shape index (κ1) is 29.4. The highest BCUT2D eigenvalue weighted by molar-refractivity contribution is 8.00. The first-order chi connectivity index (χ1) is 20.5. The molecule has 0 radical (unpaired) electrons. The van der Waals surface area contributed by atoms with Crippen molar-refractivity contribution in [2.45, 2.75) is 43.0 Å². The van der Waals surface area contributed by atoms with Crippen molar-refractivity contribution >= 4 is 45.6 Å². The Morgan fingerprint density at radius 3 is 2.64 bits per heavy atom. The van der Waals surface area contributed by atoms with Gasteiger partial charge in [-0.1, -0.05) is 49.4 Å². The number of nitriles is 1. The van der Waals surface area contributed by atoms with E-state index in [0.717, 1.165) is 41.4 Å². The molecular formula is C33H32N4O3S2. The van der Waals surface area contributed by atoms with Crippen LogP contribution in [0.3, 0.4) is 0 Å². The number of fused-ring (bicyclic) bond motifs is 1. The maximum Gasteiger partial charge on any atom is 0.255 e. The van der Waals surface area contributed by atoms with E-state index in [2.05, 4.69) is 33.7 Å². The van der Waals surface area contributed by atoms with Crippen LogP contribution in [0.1, 0.15) is 45.3 Å². The number of anilines is 2. The lowest BCUT2D eigenvalue weighted by Crippen LogP contribution is -2.29. The van der Waals surface area contributed by atoms with Gasteiger partial charge < -0.3 is 15.4 Å². The van der Waals surface area contributed by atoms with E-state index in [4.69, 9.17) is 4.74 Å². The summed E-state index contributed by atoms with van der Waals surface area (Å²) < 4.78 is 5.22. The summed E-state index contributed by atoms with van der Waals surface area (Å²) in [6.07, 6.45) is 1.40. The first-order valence-corrected chi connectivity index (χ1v) is 15.5. The molecule has 0 bridgehead atoms. The van der Waals surface area contributed by atoms with Crippen LogP contribution < -0.4 is 15.4 Å². The number of rotatable bonds is 10. The van der Waals surface area contributed by atoms with Gasteiger partial charge in [-0.15, -0.1) is 23.1 Å². The molecule has 0 fully saturated rings. The first-order valence-electron chi connectivity index (χ1n) is 13.8.